The molecule has 21 heavy (non-hydrogen) atoms. The van der Waals surface area contributed by atoms with E-state index >= 15 is 0 Å². The fourth-order valence-electron chi connectivity index (χ4n) is 3.01. The van der Waals surface area contributed by atoms with Gasteiger partial charge in [-0.15, -0.1) is 0 Å². The number of allylic oxidation sites excluding steroid dienone is 2. The van der Waals surface area contributed by atoms with Crippen molar-refractivity contribution in [1.82, 2.24) is 4.90 Å². The van der Waals surface area contributed by atoms with Gasteiger partial charge in [-0.1, -0.05) is 36.8 Å². The zero-order valence-corrected chi connectivity index (χ0v) is 13.4. The predicted molar refractivity (Wildman–Crippen MR) is 87.9 cm³/mol. The standard InChI is InChI=1S/C18H28N2O/c1-20(2)10-6-8-16-14-17(19)13-15-7-4-3-5-11-21-12-9-18(15)16/h9,14-15,17H,3-5,7,10-13,19H2,1-2H3/b18-9+/t15-,17+/m1/s1. The molecule has 0 unspecified atom stereocenters. The maximum atomic E-state index is 6.21. The van der Waals surface area contributed by atoms with E-state index in [1.807, 2.05) is 14.1 Å². The molecule has 0 fully saturated rings. The lowest BCUT2D eigenvalue weighted by Gasteiger charge is -2.28. The Labute approximate surface area is 129 Å². The van der Waals surface area contributed by atoms with Crippen LogP contribution in [0.3, 0.4) is 0 Å². The van der Waals surface area contributed by atoms with E-state index in [-0.39, 0.29) is 6.04 Å². The van der Waals surface area contributed by atoms with Crippen LogP contribution in [0.25, 0.3) is 0 Å². The molecule has 0 aromatic rings. The molecule has 2 atom stereocenters. The molecule has 1 heterocycles. The Hall–Kier alpha value is -1.08. The van der Waals surface area contributed by atoms with Gasteiger partial charge in [0.15, 0.2) is 0 Å². The highest BCUT2D eigenvalue weighted by Gasteiger charge is 2.24. The number of hydrogen-bond donors (Lipinski definition) is 1. The number of fused-ring (bicyclic) bond motifs is 1. The molecular formula is C18H28N2O. The highest BCUT2D eigenvalue weighted by atomic mass is 16.5. The molecule has 0 spiro atoms. The number of nitrogens with zero attached hydrogens (tertiary/aromatic N) is 1. The second-order valence-corrected chi connectivity index (χ2v) is 6.30. The zero-order chi connectivity index (χ0) is 15.1. The predicted octanol–water partition coefficient (Wildman–Crippen LogP) is 2.34. The van der Waals surface area contributed by atoms with Crippen molar-refractivity contribution in [1.29, 1.82) is 0 Å². The summed E-state index contributed by atoms with van der Waals surface area (Å²) < 4.78 is 5.69. The SMILES string of the molecule is CN(C)CC#CC1=C[C@@H](N)C[C@H]2CCCCCOC/C=C/12. The van der Waals surface area contributed by atoms with E-state index < -0.39 is 0 Å². The molecule has 1 aliphatic heterocycles. The van der Waals surface area contributed by atoms with Crippen LogP contribution in [0, 0.1) is 17.8 Å². The van der Waals surface area contributed by atoms with Gasteiger partial charge in [0, 0.05) is 18.2 Å². The molecule has 3 heteroatoms. The van der Waals surface area contributed by atoms with Crippen molar-refractivity contribution >= 4 is 0 Å². The van der Waals surface area contributed by atoms with Crippen molar-refractivity contribution in [3.63, 3.8) is 0 Å². The molecule has 0 aromatic heterocycles. The highest BCUT2D eigenvalue weighted by molar-refractivity contribution is 5.49. The van der Waals surface area contributed by atoms with E-state index in [2.05, 4.69) is 28.9 Å². The Kier molecular flexibility index (Phi) is 6.50. The van der Waals surface area contributed by atoms with Gasteiger partial charge in [0.2, 0.25) is 0 Å². The fraction of sp³-hybridized carbons (Fsp3) is 0.667. The Morgan fingerprint density at radius 1 is 1.33 bits per heavy atom. The van der Waals surface area contributed by atoms with Crippen LogP contribution in [0.1, 0.15) is 32.1 Å². The Morgan fingerprint density at radius 3 is 3.00 bits per heavy atom. The van der Waals surface area contributed by atoms with Crippen molar-refractivity contribution in [2.75, 3.05) is 33.9 Å². The van der Waals surface area contributed by atoms with Crippen LogP contribution in [-0.2, 0) is 4.74 Å². The van der Waals surface area contributed by atoms with E-state index in [0.29, 0.717) is 12.5 Å². The average molecular weight is 288 g/mol. The van der Waals surface area contributed by atoms with Crippen LogP contribution in [-0.4, -0.2) is 44.8 Å². The lowest BCUT2D eigenvalue weighted by Crippen LogP contribution is -2.28. The van der Waals surface area contributed by atoms with Gasteiger partial charge < -0.3 is 10.5 Å². The molecule has 0 saturated carbocycles. The second kappa shape index (κ2) is 8.38. The third kappa shape index (κ3) is 5.32. The third-order valence-corrected chi connectivity index (χ3v) is 4.07. The number of rotatable bonds is 1. The van der Waals surface area contributed by atoms with Gasteiger partial charge in [-0.25, -0.2) is 0 Å². The molecule has 0 radical (unpaired) electrons. The molecule has 0 aromatic carbocycles. The lowest BCUT2D eigenvalue weighted by atomic mass is 9.78. The number of ether oxygens (including phenoxy) is 1. The van der Waals surface area contributed by atoms with Gasteiger partial charge in [0.05, 0.1) is 13.2 Å². The minimum Gasteiger partial charge on any atom is -0.377 e. The van der Waals surface area contributed by atoms with Crippen molar-refractivity contribution in [2.45, 2.75) is 38.1 Å². The average Bonchev–Trinajstić information content (AvgIpc) is 2.44. The fourth-order valence-corrected chi connectivity index (χ4v) is 3.01. The largest absolute Gasteiger partial charge is 0.377 e. The zero-order valence-electron chi connectivity index (χ0n) is 13.4. The van der Waals surface area contributed by atoms with Crippen LogP contribution in [0.5, 0.6) is 0 Å². The first-order chi connectivity index (χ1) is 10.2. The van der Waals surface area contributed by atoms with E-state index in [9.17, 15) is 0 Å². The van der Waals surface area contributed by atoms with Gasteiger partial charge in [0.1, 0.15) is 0 Å². The molecule has 0 amide bonds. The van der Waals surface area contributed by atoms with E-state index in [1.165, 1.54) is 31.3 Å². The summed E-state index contributed by atoms with van der Waals surface area (Å²) >= 11 is 0. The van der Waals surface area contributed by atoms with Crippen LogP contribution in [0.2, 0.25) is 0 Å². The second-order valence-electron chi connectivity index (χ2n) is 6.30. The summed E-state index contributed by atoms with van der Waals surface area (Å²) in [5, 5.41) is 0. The number of hydrogen-bond acceptors (Lipinski definition) is 3. The third-order valence-electron chi connectivity index (χ3n) is 4.07. The van der Waals surface area contributed by atoms with Gasteiger partial charge in [-0.3, -0.25) is 4.90 Å². The quantitative estimate of drug-likeness (QED) is 0.753. The molecule has 0 bridgehead atoms. The normalized spacial score (nSPS) is 29.5. The Bertz CT molecular complexity index is 454. The summed E-state index contributed by atoms with van der Waals surface area (Å²) in [6, 6.07) is 0.139. The molecule has 3 nitrogen and oxygen atoms in total. The van der Waals surface area contributed by atoms with Gasteiger partial charge in [0.25, 0.3) is 0 Å². The summed E-state index contributed by atoms with van der Waals surface area (Å²) in [5.74, 6) is 7.13. The minimum absolute atomic E-state index is 0.139. The summed E-state index contributed by atoms with van der Waals surface area (Å²) in [6.45, 7) is 2.36. The van der Waals surface area contributed by atoms with Gasteiger partial charge in [-0.2, -0.15) is 0 Å². The summed E-state index contributed by atoms with van der Waals surface area (Å²) in [7, 11) is 4.07. The molecule has 0 saturated heterocycles. The molecule has 2 N–H and O–H groups in total. The monoisotopic (exact) mass is 288 g/mol. The summed E-state index contributed by atoms with van der Waals surface area (Å²) in [5.41, 5.74) is 8.71. The maximum Gasteiger partial charge on any atom is 0.0653 e. The van der Waals surface area contributed by atoms with E-state index in [4.69, 9.17) is 10.5 Å². The first-order valence-corrected chi connectivity index (χ1v) is 8.06. The molecule has 2 rings (SSSR count). The molecule has 116 valence electrons. The molecule has 1 aliphatic carbocycles. The highest BCUT2D eigenvalue weighted by Crippen LogP contribution is 2.33. The number of nitrogens with two attached hydrogens (primary N) is 1. The van der Waals surface area contributed by atoms with Gasteiger partial charge in [-0.05, 0) is 44.8 Å². The van der Waals surface area contributed by atoms with Crippen LogP contribution in [0.15, 0.2) is 23.3 Å². The van der Waals surface area contributed by atoms with Crippen LogP contribution < -0.4 is 5.73 Å². The van der Waals surface area contributed by atoms with Crippen molar-refractivity contribution in [3.8, 4) is 11.8 Å². The Morgan fingerprint density at radius 2 is 2.19 bits per heavy atom. The van der Waals surface area contributed by atoms with Crippen molar-refractivity contribution in [3.05, 3.63) is 23.3 Å². The first kappa shape index (κ1) is 16.3. The molecule has 2 aliphatic rings. The van der Waals surface area contributed by atoms with E-state index in [0.717, 1.165) is 25.1 Å². The van der Waals surface area contributed by atoms with Crippen LogP contribution >= 0.6 is 0 Å². The van der Waals surface area contributed by atoms with Crippen LogP contribution in [0.4, 0.5) is 0 Å². The van der Waals surface area contributed by atoms with Gasteiger partial charge >= 0.3 is 0 Å². The summed E-state index contributed by atoms with van der Waals surface area (Å²) in [6.07, 6.45) is 10.3. The lowest BCUT2D eigenvalue weighted by molar-refractivity contribution is 0.154. The maximum absolute atomic E-state index is 6.21. The minimum atomic E-state index is 0.139. The van der Waals surface area contributed by atoms with Crippen molar-refractivity contribution < 1.29 is 4.74 Å². The topological polar surface area (TPSA) is 38.5 Å². The van der Waals surface area contributed by atoms with E-state index in [1.54, 1.807) is 0 Å². The first-order valence-electron chi connectivity index (χ1n) is 8.06. The van der Waals surface area contributed by atoms with Crippen molar-refractivity contribution in [2.24, 2.45) is 11.7 Å². The molecular weight excluding hydrogens is 260 g/mol. The summed E-state index contributed by atoms with van der Waals surface area (Å²) in [4.78, 5) is 2.08. The smallest absolute Gasteiger partial charge is 0.0653 e. The Balaban J connectivity index is 2.18.